The van der Waals surface area contributed by atoms with Crippen LogP contribution in [0.4, 0.5) is 0 Å². The quantitative estimate of drug-likeness (QED) is 0.290. The van der Waals surface area contributed by atoms with E-state index in [0.29, 0.717) is 23.5 Å². The summed E-state index contributed by atoms with van der Waals surface area (Å²) in [6.07, 6.45) is 0. The number of carbonyl (C=O) groups excluding carboxylic acids is 2. The third-order valence-corrected chi connectivity index (χ3v) is 4.43. The summed E-state index contributed by atoms with van der Waals surface area (Å²) in [6, 6.07) is 21.1. The van der Waals surface area contributed by atoms with E-state index >= 15 is 0 Å². The number of aryl methyl sites for hydroxylation is 1. The normalized spacial score (nSPS) is 10.3. The van der Waals surface area contributed by atoms with Crippen molar-refractivity contribution in [3.8, 4) is 11.5 Å². The van der Waals surface area contributed by atoms with Crippen molar-refractivity contribution in [3.05, 3.63) is 95.1 Å². The van der Waals surface area contributed by atoms with Crippen LogP contribution in [-0.2, 0) is 4.74 Å². The van der Waals surface area contributed by atoms with Crippen molar-refractivity contribution in [3.63, 3.8) is 0 Å². The average molecular weight is 404 g/mol. The largest absolute Gasteiger partial charge is 0.494 e. The van der Waals surface area contributed by atoms with Gasteiger partial charge in [-0.15, -0.1) is 0 Å². The molecule has 0 aliphatic carbocycles. The minimum atomic E-state index is -0.554. The first-order chi connectivity index (χ1) is 14.6. The van der Waals surface area contributed by atoms with Crippen LogP contribution >= 0.6 is 0 Å². The van der Waals surface area contributed by atoms with Gasteiger partial charge in [0, 0.05) is 11.1 Å². The maximum atomic E-state index is 12.8. The summed E-state index contributed by atoms with van der Waals surface area (Å²) in [5.41, 5.74) is 2.15. The monoisotopic (exact) mass is 404 g/mol. The number of ketones is 1. The highest BCUT2D eigenvalue weighted by Gasteiger charge is 2.19. The van der Waals surface area contributed by atoms with Crippen LogP contribution in [0.2, 0.25) is 0 Å². The Bertz CT molecular complexity index is 991. The van der Waals surface area contributed by atoms with Gasteiger partial charge in [0.25, 0.3) is 0 Å². The Labute approximate surface area is 176 Å². The first-order valence-electron chi connectivity index (χ1n) is 9.81. The first-order valence-corrected chi connectivity index (χ1v) is 9.81. The molecule has 0 saturated heterocycles. The van der Waals surface area contributed by atoms with Gasteiger partial charge in [0.05, 0.1) is 12.2 Å². The van der Waals surface area contributed by atoms with E-state index in [1.165, 1.54) is 0 Å². The number of hydrogen-bond donors (Lipinski definition) is 0. The molecule has 0 heterocycles. The first kappa shape index (κ1) is 21.1. The van der Waals surface area contributed by atoms with Crippen molar-refractivity contribution in [1.29, 1.82) is 0 Å². The molecule has 0 unspecified atom stereocenters. The van der Waals surface area contributed by atoms with Gasteiger partial charge in [-0.25, -0.2) is 4.79 Å². The van der Waals surface area contributed by atoms with Gasteiger partial charge in [-0.1, -0.05) is 48.0 Å². The number of rotatable bonds is 9. The second-order valence-electron chi connectivity index (χ2n) is 6.63. The Kier molecular flexibility index (Phi) is 7.22. The van der Waals surface area contributed by atoms with Gasteiger partial charge in [-0.3, -0.25) is 4.79 Å². The minimum absolute atomic E-state index is 0.0686. The molecule has 0 saturated carbocycles. The molecule has 0 amide bonds. The van der Waals surface area contributed by atoms with Crippen molar-refractivity contribution in [2.75, 3.05) is 19.8 Å². The molecule has 0 aromatic heterocycles. The molecule has 0 aliphatic rings. The third kappa shape index (κ3) is 5.47. The molecule has 3 aromatic carbocycles. The summed E-state index contributed by atoms with van der Waals surface area (Å²) in [6.45, 7) is 4.75. The topological polar surface area (TPSA) is 61.8 Å². The van der Waals surface area contributed by atoms with Crippen LogP contribution in [0, 0.1) is 6.92 Å². The smallest absolute Gasteiger partial charge is 0.339 e. The SMILES string of the molecule is CCOc1ccc(OCCOC(=O)c2ccccc2C(=O)c2ccc(C)cc2)cc1. The molecule has 0 spiro atoms. The lowest BCUT2D eigenvalue weighted by Gasteiger charge is -2.10. The number of hydrogen-bond acceptors (Lipinski definition) is 5. The van der Waals surface area contributed by atoms with E-state index in [4.69, 9.17) is 14.2 Å². The molecular formula is C25H24O5. The molecule has 0 aliphatic heterocycles. The van der Waals surface area contributed by atoms with Crippen LogP contribution < -0.4 is 9.47 Å². The molecule has 0 atom stereocenters. The fourth-order valence-corrected chi connectivity index (χ4v) is 2.89. The molecule has 30 heavy (non-hydrogen) atoms. The van der Waals surface area contributed by atoms with Crippen molar-refractivity contribution in [2.45, 2.75) is 13.8 Å². The number of esters is 1. The molecule has 0 radical (unpaired) electrons. The van der Waals surface area contributed by atoms with Gasteiger partial charge < -0.3 is 14.2 Å². The van der Waals surface area contributed by atoms with Gasteiger partial charge in [-0.2, -0.15) is 0 Å². The fourth-order valence-electron chi connectivity index (χ4n) is 2.89. The van der Waals surface area contributed by atoms with E-state index in [9.17, 15) is 9.59 Å². The third-order valence-electron chi connectivity index (χ3n) is 4.43. The van der Waals surface area contributed by atoms with E-state index in [1.807, 2.05) is 38.1 Å². The lowest BCUT2D eigenvalue weighted by atomic mass is 9.98. The molecule has 154 valence electrons. The van der Waals surface area contributed by atoms with Crippen LogP contribution in [0.5, 0.6) is 11.5 Å². The zero-order valence-electron chi connectivity index (χ0n) is 17.1. The molecule has 3 rings (SSSR count). The summed E-state index contributed by atoms with van der Waals surface area (Å²) in [5.74, 6) is 0.658. The predicted molar refractivity (Wildman–Crippen MR) is 114 cm³/mol. The van der Waals surface area contributed by atoms with Crippen LogP contribution in [0.3, 0.4) is 0 Å². The van der Waals surface area contributed by atoms with Crippen LogP contribution in [-0.4, -0.2) is 31.6 Å². The van der Waals surface area contributed by atoms with E-state index in [0.717, 1.165) is 11.3 Å². The van der Waals surface area contributed by atoms with Crippen LogP contribution in [0.15, 0.2) is 72.8 Å². The lowest BCUT2D eigenvalue weighted by molar-refractivity contribution is 0.0448. The molecule has 5 heteroatoms. The van der Waals surface area contributed by atoms with Gasteiger partial charge in [0.2, 0.25) is 0 Å². The summed E-state index contributed by atoms with van der Waals surface area (Å²) in [5, 5.41) is 0. The highest BCUT2D eigenvalue weighted by Crippen LogP contribution is 2.18. The van der Waals surface area contributed by atoms with Crippen molar-refractivity contribution in [1.82, 2.24) is 0 Å². The molecule has 5 nitrogen and oxygen atoms in total. The maximum Gasteiger partial charge on any atom is 0.339 e. The fraction of sp³-hybridized carbons (Fsp3) is 0.200. The predicted octanol–water partition coefficient (Wildman–Crippen LogP) is 4.86. The van der Waals surface area contributed by atoms with E-state index in [-0.39, 0.29) is 24.6 Å². The molecule has 0 fully saturated rings. The number of carbonyl (C=O) groups is 2. The zero-order chi connectivity index (χ0) is 21.3. The highest BCUT2D eigenvalue weighted by molar-refractivity contribution is 6.14. The highest BCUT2D eigenvalue weighted by atomic mass is 16.6. The van der Waals surface area contributed by atoms with Gasteiger partial charge >= 0.3 is 5.97 Å². The second kappa shape index (κ2) is 10.3. The Morgan fingerprint density at radius 2 is 1.33 bits per heavy atom. The number of benzene rings is 3. The van der Waals surface area contributed by atoms with Crippen LogP contribution in [0.1, 0.15) is 38.8 Å². The molecule has 3 aromatic rings. The Hall–Kier alpha value is -3.60. The van der Waals surface area contributed by atoms with Gasteiger partial charge in [-0.05, 0) is 44.2 Å². The Morgan fingerprint density at radius 1 is 0.733 bits per heavy atom. The number of ether oxygens (including phenoxy) is 3. The van der Waals surface area contributed by atoms with E-state index < -0.39 is 5.97 Å². The van der Waals surface area contributed by atoms with Crippen molar-refractivity contribution >= 4 is 11.8 Å². The molecule has 0 N–H and O–H groups in total. The van der Waals surface area contributed by atoms with Gasteiger partial charge in [0.1, 0.15) is 24.7 Å². The second-order valence-corrected chi connectivity index (χ2v) is 6.63. The molecular weight excluding hydrogens is 380 g/mol. The molecule has 0 bridgehead atoms. The summed E-state index contributed by atoms with van der Waals surface area (Å²) in [7, 11) is 0. The minimum Gasteiger partial charge on any atom is -0.494 e. The summed E-state index contributed by atoms with van der Waals surface area (Å²) in [4.78, 5) is 25.4. The Balaban J connectivity index is 1.58. The summed E-state index contributed by atoms with van der Waals surface area (Å²) < 4.78 is 16.3. The standard InChI is InChI=1S/C25H24O5/c1-3-28-20-12-14-21(15-13-20)29-16-17-30-25(27)23-7-5-4-6-22(23)24(26)19-10-8-18(2)9-11-19/h4-15H,3,16-17H2,1-2H3. The van der Waals surface area contributed by atoms with Crippen LogP contribution in [0.25, 0.3) is 0 Å². The lowest BCUT2D eigenvalue weighted by Crippen LogP contribution is -2.16. The zero-order valence-corrected chi connectivity index (χ0v) is 17.1. The van der Waals surface area contributed by atoms with Crippen molar-refractivity contribution in [2.24, 2.45) is 0 Å². The van der Waals surface area contributed by atoms with Gasteiger partial charge in [0.15, 0.2) is 5.78 Å². The Morgan fingerprint density at radius 3 is 1.97 bits per heavy atom. The van der Waals surface area contributed by atoms with Crippen molar-refractivity contribution < 1.29 is 23.8 Å². The summed E-state index contributed by atoms with van der Waals surface area (Å²) >= 11 is 0. The maximum absolute atomic E-state index is 12.8. The average Bonchev–Trinajstić information content (AvgIpc) is 2.78. The van der Waals surface area contributed by atoms with E-state index in [2.05, 4.69) is 0 Å². The van der Waals surface area contributed by atoms with E-state index in [1.54, 1.807) is 48.5 Å².